The monoisotopic (exact) mass is 453 g/mol. The zero-order valence-corrected chi connectivity index (χ0v) is 19.9. The van der Waals surface area contributed by atoms with Gasteiger partial charge < -0.3 is 29.8 Å². The van der Waals surface area contributed by atoms with Crippen LogP contribution in [0.2, 0.25) is 0 Å². The third-order valence-corrected chi connectivity index (χ3v) is 10.9. The van der Waals surface area contributed by atoms with Crippen molar-refractivity contribution in [3.63, 3.8) is 0 Å². The van der Waals surface area contributed by atoms with Gasteiger partial charge in [-0.25, -0.2) is 0 Å². The van der Waals surface area contributed by atoms with Crippen LogP contribution in [-0.2, 0) is 21.3 Å². The highest BCUT2D eigenvalue weighted by Gasteiger charge is 2.86. The lowest BCUT2D eigenvalue weighted by atomic mass is 9.40. The largest absolute Gasteiger partial charge is 0.388 e. The maximum atomic E-state index is 12.7. The van der Waals surface area contributed by atoms with Crippen molar-refractivity contribution in [3.05, 3.63) is 35.5 Å². The lowest BCUT2D eigenvalue weighted by Gasteiger charge is -2.66. The van der Waals surface area contributed by atoms with Crippen LogP contribution < -0.4 is 0 Å². The van der Waals surface area contributed by atoms with Gasteiger partial charge in [0, 0.05) is 27.4 Å². The van der Waals surface area contributed by atoms with Gasteiger partial charge >= 0.3 is 0 Å². The Hall–Kier alpha value is -1.44. The Morgan fingerprint density at radius 1 is 1.12 bits per heavy atom. The van der Waals surface area contributed by atoms with Crippen molar-refractivity contribution in [1.82, 2.24) is 4.98 Å². The Bertz CT molecular complexity index is 1170. The molecule has 33 heavy (non-hydrogen) atoms. The zero-order valence-electron chi connectivity index (χ0n) is 19.9. The van der Waals surface area contributed by atoms with Crippen LogP contribution in [0.25, 0.3) is 10.9 Å². The molecule has 7 rings (SSSR count). The van der Waals surface area contributed by atoms with Gasteiger partial charge in [-0.1, -0.05) is 32.0 Å². The summed E-state index contributed by atoms with van der Waals surface area (Å²) in [6.07, 6.45) is 1.60. The molecule has 0 radical (unpaired) electrons. The molecular formula is C27H35NO5. The molecule has 5 aliphatic rings. The molecule has 2 aromatic rings. The fourth-order valence-electron chi connectivity index (χ4n) is 8.97. The van der Waals surface area contributed by atoms with Crippen LogP contribution in [0.4, 0.5) is 0 Å². The summed E-state index contributed by atoms with van der Waals surface area (Å²) in [5.41, 5.74) is -0.0565. The Kier molecular flexibility index (Phi) is 3.70. The topological polar surface area (TPSA) is 98.2 Å². The summed E-state index contributed by atoms with van der Waals surface area (Å²) in [7, 11) is 0. The van der Waals surface area contributed by atoms with Gasteiger partial charge in [0.1, 0.15) is 23.9 Å². The number of aromatic nitrogens is 1. The number of H-pyrrole nitrogens is 1. The van der Waals surface area contributed by atoms with Crippen LogP contribution in [0.15, 0.2) is 24.3 Å². The lowest BCUT2D eigenvalue weighted by molar-refractivity contribution is -0.280. The maximum Gasteiger partial charge on any atom is 0.152 e. The second-order valence-electron chi connectivity index (χ2n) is 12.4. The van der Waals surface area contributed by atoms with Crippen molar-refractivity contribution in [2.75, 3.05) is 0 Å². The van der Waals surface area contributed by atoms with Gasteiger partial charge in [-0.15, -0.1) is 0 Å². The molecule has 2 saturated heterocycles. The van der Waals surface area contributed by atoms with E-state index in [1.165, 1.54) is 16.6 Å². The molecule has 4 N–H and O–H groups in total. The molecule has 1 aromatic heterocycles. The van der Waals surface area contributed by atoms with Crippen molar-refractivity contribution in [2.24, 2.45) is 11.3 Å². The minimum atomic E-state index is -1.19. The smallest absolute Gasteiger partial charge is 0.152 e. The summed E-state index contributed by atoms with van der Waals surface area (Å²) in [6.45, 7) is 7.93. The number of nitrogens with one attached hydrogen (secondary N) is 1. The molecule has 9 atom stereocenters. The van der Waals surface area contributed by atoms with Crippen LogP contribution in [0.5, 0.6) is 0 Å². The minimum absolute atomic E-state index is 0.234. The van der Waals surface area contributed by atoms with E-state index in [2.05, 4.69) is 43.1 Å². The molecule has 1 aromatic carbocycles. The van der Waals surface area contributed by atoms with Crippen LogP contribution >= 0.6 is 0 Å². The van der Waals surface area contributed by atoms with E-state index >= 15 is 0 Å². The second-order valence-corrected chi connectivity index (χ2v) is 12.4. The SMILES string of the molecule is CC(C)(O)[C@H]1O[C@H]2CC[C@]3(C)[C@@]4(C)c5[nH]c6ccccc6c5C[C@@H]4CC[C@@]3(O)C23OC3C1O. The number of para-hydroxylation sites is 1. The van der Waals surface area contributed by atoms with E-state index < -0.39 is 40.5 Å². The average molecular weight is 454 g/mol. The number of ether oxygens (including phenoxy) is 2. The summed E-state index contributed by atoms with van der Waals surface area (Å²) in [4.78, 5) is 3.76. The van der Waals surface area contributed by atoms with Gasteiger partial charge in [-0.2, -0.15) is 0 Å². The maximum absolute atomic E-state index is 12.7. The molecule has 2 saturated carbocycles. The van der Waals surface area contributed by atoms with Crippen molar-refractivity contribution in [2.45, 2.75) is 106 Å². The molecule has 4 fully saturated rings. The van der Waals surface area contributed by atoms with Crippen molar-refractivity contribution in [1.29, 1.82) is 0 Å². The van der Waals surface area contributed by atoms with E-state index in [4.69, 9.17) is 9.47 Å². The number of hydrogen-bond donors (Lipinski definition) is 4. The molecule has 2 aliphatic heterocycles. The van der Waals surface area contributed by atoms with Crippen molar-refractivity contribution in [3.8, 4) is 0 Å². The molecule has 1 spiro atoms. The summed E-state index contributed by atoms with van der Waals surface area (Å²) in [5.74, 6) is 0.456. The lowest BCUT2D eigenvalue weighted by Crippen LogP contribution is -2.76. The van der Waals surface area contributed by atoms with Gasteiger partial charge in [0.25, 0.3) is 0 Å². The summed E-state index contributed by atoms with van der Waals surface area (Å²) < 4.78 is 12.7. The number of aliphatic hydroxyl groups excluding tert-OH is 1. The number of rotatable bonds is 1. The van der Waals surface area contributed by atoms with Gasteiger partial charge in [0.15, 0.2) is 5.60 Å². The number of aromatic amines is 1. The number of epoxide rings is 1. The van der Waals surface area contributed by atoms with Crippen LogP contribution in [0.1, 0.15) is 64.6 Å². The van der Waals surface area contributed by atoms with Crippen LogP contribution in [0.3, 0.4) is 0 Å². The number of aliphatic hydroxyl groups is 3. The molecule has 0 amide bonds. The molecule has 3 unspecified atom stereocenters. The summed E-state index contributed by atoms with van der Waals surface area (Å²) in [6, 6.07) is 8.52. The number of benzene rings is 1. The van der Waals surface area contributed by atoms with E-state index in [1.54, 1.807) is 13.8 Å². The third-order valence-electron chi connectivity index (χ3n) is 10.9. The molecule has 0 bridgehead atoms. The molecular weight excluding hydrogens is 418 g/mol. The Morgan fingerprint density at radius 2 is 1.88 bits per heavy atom. The predicted molar refractivity (Wildman–Crippen MR) is 123 cm³/mol. The van der Waals surface area contributed by atoms with Crippen LogP contribution in [0, 0.1) is 11.3 Å². The fraction of sp³-hybridized carbons (Fsp3) is 0.704. The second kappa shape index (κ2) is 5.85. The number of hydrogen-bond acceptors (Lipinski definition) is 5. The molecule has 6 nitrogen and oxygen atoms in total. The highest BCUT2D eigenvalue weighted by Crippen LogP contribution is 2.74. The quantitative estimate of drug-likeness (QED) is 0.498. The first-order chi connectivity index (χ1) is 15.5. The van der Waals surface area contributed by atoms with Gasteiger partial charge in [-0.3, -0.25) is 0 Å². The number of fused-ring (bicyclic) bond motifs is 7. The van der Waals surface area contributed by atoms with E-state index in [0.717, 1.165) is 31.2 Å². The Labute approximate surface area is 194 Å². The van der Waals surface area contributed by atoms with Gasteiger partial charge in [0.05, 0.1) is 11.7 Å². The Balaban J connectivity index is 1.36. The first kappa shape index (κ1) is 20.9. The van der Waals surface area contributed by atoms with Crippen LogP contribution in [-0.4, -0.2) is 61.5 Å². The minimum Gasteiger partial charge on any atom is -0.388 e. The standard InChI is InChI=1S/C27H35NO5/c1-23(2,30)21-19(29)22-27(33-22)18(32-21)10-11-24(3)25(4)14(9-12-26(24,27)31)13-16-15-7-5-6-8-17(15)28-20(16)25/h5-8,14,18-19,21-22,28-31H,9-13H2,1-4H3/t14-,18-,19?,21-,22?,24+,25+,26-,27?/m0/s1. The molecule has 178 valence electrons. The fourth-order valence-corrected chi connectivity index (χ4v) is 8.97. The average Bonchev–Trinajstić information content (AvgIpc) is 3.34. The first-order valence-electron chi connectivity index (χ1n) is 12.6. The third kappa shape index (κ3) is 2.08. The molecule has 3 aliphatic carbocycles. The van der Waals surface area contributed by atoms with Gasteiger partial charge in [0.2, 0.25) is 0 Å². The van der Waals surface area contributed by atoms with Crippen molar-refractivity contribution < 1.29 is 24.8 Å². The summed E-state index contributed by atoms with van der Waals surface area (Å²) >= 11 is 0. The zero-order chi connectivity index (χ0) is 23.2. The summed E-state index contributed by atoms with van der Waals surface area (Å²) in [5, 5.41) is 35.7. The first-order valence-corrected chi connectivity index (χ1v) is 12.6. The van der Waals surface area contributed by atoms with Gasteiger partial charge in [-0.05, 0) is 63.5 Å². The molecule has 3 heterocycles. The highest BCUT2D eigenvalue weighted by atomic mass is 16.7. The van der Waals surface area contributed by atoms with Crippen molar-refractivity contribution >= 4 is 10.9 Å². The molecule has 6 heteroatoms. The highest BCUT2D eigenvalue weighted by molar-refractivity contribution is 5.86. The van der Waals surface area contributed by atoms with E-state index in [-0.39, 0.29) is 11.5 Å². The normalized spacial score (nSPS) is 50.2. The van der Waals surface area contributed by atoms with E-state index in [9.17, 15) is 15.3 Å². The predicted octanol–water partition coefficient (Wildman–Crippen LogP) is 2.96. The Morgan fingerprint density at radius 3 is 2.64 bits per heavy atom. The van der Waals surface area contributed by atoms with E-state index in [1.807, 2.05) is 0 Å². The van der Waals surface area contributed by atoms with E-state index in [0.29, 0.717) is 12.3 Å².